The van der Waals surface area contributed by atoms with Gasteiger partial charge >= 0.3 is 0 Å². The van der Waals surface area contributed by atoms with Crippen molar-refractivity contribution in [3.05, 3.63) is 102 Å². The minimum absolute atomic E-state index is 0.508. The van der Waals surface area contributed by atoms with Crippen molar-refractivity contribution in [1.29, 1.82) is 0 Å². The largest absolute Gasteiger partial charge is 0.363 e. The quantitative estimate of drug-likeness (QED) is 0.392. The molecular formula is C25H19N7. The summed E-state index contributed by atoms with van der Waals surface area (Å²) < 4.78 is 1.81. The van der Waals surface area contributed by atoms with Crippen LogP contribution in [0.3, 0.4) is 0 Å². The molecule has 5 rings (SSSR count). The Morgan fingerprint density at radius 1 is 1.03 bits per heavy atom. The van der Waals surface area contributed by atoms with Crippen molar-refractivity contribution in [2.24, 2.45) is 0 Å². The average molecular weight is 417 g/mol. The summed E-state index contributed by atoms with van der Waals surface area (Å²) in [5.74, 6) is 1.24. The van der Waals surface area contributed by atoms with E-state index in [-0.39, 0.29) is 0 Å². The van der Waals surface area contributed by atoms with E-state index in [2.05, 4.69) is 20.1 Å². The van der Waals surface area contributed by atoms with Gasteiger partial charge in [0, 0.05) is 35.9 Å². The number of aryl methyl sites for hydroxylation is 1. The Labute approximate surface area is 185 Å². The van der Waals surface area contributed by atoms with Gasteiger partial charge in [-0.1, -0.05) is 30.3 Å². The summed E-state index contributed by atoms with van der Waals surface area (Å²) in [4.78, 5) is 17.2. The van der Waals surface area contributed by atoms with Crippen LogP contribution in [-0.4, -0.2) is 24.6 Å². The van der Waals surface area contributed by atoms with Gasteiger partial charge in [-0.25, -0.2) is 14.3 Å². The van der Waals surface area contributed by atoms with E-state index in [0.717, 1.165) is 33.5 Å². The Kier molecular flexibility index (Phi) is 5.02. The third kappa shape index (κ3) is 3.66. The molecule has 0 amide bonds. The summed E-state index contributed by atoms with van der Waals surface area (Å²) >= 11 is 0. The smallest absolute Gasteiger partial charge is 0.194 e. The molecule has 1 N–H and O–H groups in total. The van der Waals surface area contributed by atoms with Gasteiger partial charge in [-0.3, -0.25) is 9.97 Å². The molecule has 7 heteroatoms. The van der Waals surface area contributed by atoms with Gasteiger partial charge in [-0.2, -0.15) is 0 Å². The third-order valence-corrected chi connectivity index (χ3v) is 5.12. The monoisotopic (exact) mass is 417 g/mol. The first-order valence-corrected chi connectivity index (χ1v) is 10.1. The highest BCUT2D eigenvalue weighted by molar-refractivity contribution is 5.93. The number of para-hydroxylation sites is 1. The average Bonchev–Trinajstić information content (AvgIpc) is 3.27. The lowest BCUT2D eigenvalue weighted by atomic mass is 10.1. The van der Waals surface area contributed by atoms with Crippen molar-refractivity contribution in [3.63, 3.8) is 0 Å². The molecule has 0 aliphatic heterocycles. The molecule has 0 spiro atoms. The van der Waals surface area contributed by atoms with E-state index in [1.54, 1.807) is 18.6 Å². The predicted octanol–water partition coefficient (Wildman–Crippen LogP) is 5.32. The van der Waals surface area contributed by atoms with E-state index in [9.17, 15) is 0 Å². The number of rotatable bonds is 5. The SMILES string of the molecule is [C-]#[N+]c1ccccc1-c1ccn2nc(-c3cncc(C)c3)nc(NCc3ccccn3)c12. The van der Waals surface area contributed by atoms with Gasteiger partial charge in [0.2, 0.25) is 0 Å². The second-order valence-electron chi connectivity index (χ2n) is 7.36. The summed E-state index contributed by atoms with van der Waals surface area (Å²) in [5, 5.41) is 8.17. The number of hydrogen-bond donors (Lipinski definition) is 1. The van der Waals surface area contributed by atoms with E-state index >= 15 is 0 Å². The van der Waals surface area contributed by atoms with Crippen molar-refractivity contribution >= 4 is 17.0 Å². The summed E-state index contributed by atoms with van der Waals surface area (Å²) in [6.07, 6.45) is 7.23. The summed E-state index contributed by atoms with van der Waals surface area (Å²) in [7, 11) is 0. The summed E-state index contributed by atoms with van der Waals surface area (Å²) in [5.41, 5.74) is 5.91. The van der Waals surface area contributed by atoms with Crippen LogP contribution in [0.5, 0.6) is 0 Å². The Bertz CT molecular complexity index is 1450. The van der Waals surface area contributed by atoms with E-state index < -0.39 is 0 Å². The highest BCUT2D eigenvalue weighted by atomic mass is 15.3. The van der Waals surface area contributed by atoms with Crippen molar-refractivity contribution in [2.75, 3.05) is 5.32 Å². The molecule has 5 aromatic rings. The first-order valence-electron chi connectivity index (χ1n) is 10.1. The maximum absolute atomic E-state index is 7.56. The fourth-order valence-corrected chi connectivity index (χ4v) is 3.64. The summed E-state index contributed by atoms with van der Waals surface area (Å²) in [6.45, 7) is 10.1. The normalized spacial score (nSPS) is 10.8. The molecule has 0 aliphatic rings. The van der Waals surface area contributed by atoms with Gasteiger partial charge < -0.3 is 5.32 Å². The van der Waals surface area contributed by atoms with E-state index in [1.165, 1.54) is 0 Å². The number of pyridine rings is 2. The molecule has 0 saturated heterocycles. The molecule has 0 atom stereocenters. The second kappa shape index (κ2) is 8.28. The number of anilines is 1. The molecule has 32 heavy (non-hydrogen) atoms. The lowest BCUT2D eigenvalue weighted by molar-refractivity contribution is 0.905. The zero-order valence-electron chi connectivity index (χ0n) is 17.4. The van der Waals surface area contributed by atoms with Crippen LogP contribution >= 0.6 is 0 Å². The van der Waals surface area contributed by atoms with Gasteiger partial charge in [0.05, 0.1) is 18.8 Å². The van der Waals surface area contributed by atoms with Crippen LogP contribution in [-0.2, 0) is 6.54 Å². The minimum atomic E-state index is 0.508. The predicted molar refractivity (Wildman–Crippen MR) is 124 cm³/mol. The highest BCUT2D eigenvalue weighted by Gasteiger charge is 2.17. The Morgan fingerprint density at radius 3 is 2.72 bits per heavy atom. The maximum Gasteiger partial charge on any atom is 0.194 e. The molecule has 154 valence electrons. The molecule has 4 aromatic heterocycles. The van der Waals surface area contributed by atoms with Crippen LogP contribution in [0, 0.1) is 13.5 Å². The lowest BCUT2D eigenvalue weighted by Crippen LogP contribution is -2.08. The van der Waals surface area contributed by atoms with Gasteiger partial charge in [0.1, 0.15) is 5.52 Å². The van der Waals surface area contributed by atoms with Gasteiger partial charge in [0.15, 0.2) is 17.3 Å². The molecule has 0 radical (unpaired) electrons. The van der Waals surface area contributed by atoms with Crippen molar-refractivity contribution in [2.45, 2.75) is 13.5 Å². The molecule has 0 saturated carbocycles. The number of hydrogen-bond acceptors (Lipinski definition) is 5. The highest BCUT2D eigenvalue weighted by Crippen LogP contribution is 2.36. The van der Waals surface area contributed by atoms with Crippen LogP contribution in [0.15, 0.2) is 79.4 Å². The zero-order chi connectivity index (χ0) is 21.9. The Hall–Kier alpha value is -4.57. The van der Waals surface area contributed by atoms with Crippen molar-refractivity contribution in [3.8, 4) is 22.5 Å². The van der Waals surface area contributed by atoms with Crippen molar-refractivity contribution in [1.82, 2.24) is 24.6 Å². The minimum Gasteiger partial charge on any atom is -0.363 e. The second-order valence-corrected chi connectivity index (χ2v) is 7.36. The van der Waals surface area contributed by atoms with E-state index in [0.29, 0.717) is 23.9 Å². The lowest BCUT2D eigenvalue weighted by Gasteiger charge is -2.12. The third-order valence-electron chi connectivity index (χ3n) is 5.12. The topological polar surface area (TPSA) is 72.4 Å². The maximum atomic E-state index is 7.56. The molecule has 0 bridgehead atoms. The standard InChI is InChI=1S/C25H19N7/c1-17-13-18(15-27-14-17)24-30-25(29-16-19-7-5-6-11-28-19)23-21(10-12-32(23)31-24)20-8-3-4-9-22(20)26-2/h3-15H,16H2,1H3,(H,29,30,31). The van der Waals surface area contributed by atoms with Crippen LogP contribution in [0.4, 0.5) is 11.5 Å². The molecule has 0 unspecified atom stereocenters. The molecule has 0 fully saturated rings. The molecule has 7 nitrogen and oxygen atoms in total. The molecule has 4 heterocycles. The van der Waals surface area contributed by atoms with Gasteiger partial charge in [0.25, 0.3) is 0 Å². The van der Waals surface area contributed by atoms with Crippen LogP contribution in [0.25, 0.3) is 32.9 Å². The van der Waals surface area contributed by atoms with Crippen LogP contribution in [0.1, 0.15) is 11.3 Å². The number of fused-ring (bicyclic) bond motifs is 1. The molecule has 0 aliphatic carbocycles. The van der Waals surface area contributed by atoms with E-state index in [1.807, 2.05) is 72.2 Å². The molecular weight excluding hydrogens is 398 g/mol. The first-order chi connectivity index (χ1) is 15.7. The number of nitrogens with zero attached hydrogens (tertiary/aromatic N) is 6. The van der Waals surface area contributed by atoms with Gasteiger partial charge in [-0.05, 0) is 42.3 Å². The fraction of sp³-hybridized carbons (Fsp3) is 0.0800. The molecule has 1 aromatic carbocycles. The van der Waals surface area contributed by atoms with Crippen molar-refractivity contribution < 1.29 is 0 Å². The first kappa shape index (κ1) is 19.4. The van der Waals surface area contributed by atoms with Crippen LogP contribution in [0.2, 0.25) is 0 Å². The van der Waals surface area contributed by atoms with Crippen LogP contribution < -0.4 is 5.32 Å². The van der Waals surface area contributed by atoms with Gasteiger partial charge in [-0.15, -0.1) is 5.10 Å². The summed E-state index contributed by atoms with van der Waals surface area (Å²) in [6, 6.07) is 17.4. The number of benzene rings is 1. The number of nitrogens with one attached hydrogen (secondary N) is 1. The fourth-order valence-electron chi connectivity index (χ4n) is 3.64. The Morgan fingerprint density at radius 2 is 1.91 bits per heavy atom. The zero-order valence-corrected chi connectivity index (χ0v) is 17.4. The Balaban J connectivity index is 1.68. The van der Waals surface area contributed by atoms with E-state index in [4.69, 9.17) is 16.7 Å². The number of aromatic nitrogens is 5.